The summed E-state index contributed by atoms with van der Waals surface area (Å²) in [5.41, 5.74) is -0.681. The maximum atomic E-state index is 12.1. The zero-order valence-corrected chi connectivity index (χ0v) is 15.5. The van der Waals surface area contributed by atoms with Gasteiger partial charge in [-0.25, -0.2) is 13.1 Å². The summed E-state index contributed by atoms with van der Waals surface area (Å²) in [5, 5.41) is 16.9. The molecule has 3 rings (SSSR count). The lowest BCUT2D eigenvalue weighted by molar-refractivity contribution is -0.120. The minimum absolute atomic E-state index is 0.00742. The van der Waals surface area contributed by atoms with Crippen molar-refractivity contribution in [2.45, 2.75) is 30.6 Å². The van der Waals surface area contributed by atoms with Crippen LogP contribution in [0, 0.1) is 0 Å². The van der Waals surface area contributed by atoms with Crippen LogP contribution in [0.4, 0.5) is 0 Å². The highest BCUT2D eigenvalue weighted by Gasteiger charge is 2.39. The largest absolute Gasteiger partial charge is 0.349 e. The van der Waals surface area contributed by atoms with Gasteiger partial charge in [0.05, 0.1) is 29.3 Å². The molecule has 1 N–H and O–H groups in total. The number of carbonyl (C=O) groups excluding carboxylic acids is 1. The molecule has 0 radical (unpaired) electrons. The molecule has 0 saturated carbocycles. The fourth-order valence-corrected chi connectivity index (χ4v) is 6.02. The van der Waals surface area contributed by atoms with Crippen molar-refractivity contribution in [1.82, 2.24) is 25.5 Å². The van der Waals surface area contributed by atoms with E-state index < -0.39 is 15.4 Å². The Morgan fingerprint density at radius 3 is 3.04 bits per heavy atom. The summed E-state index contributed by atoms with van der Waals surface area (Å²) < 4.78 is 24.8. The Bertz CT molecular complexity index is 818. The lowest BCUT2D eigenvalue weighted by atomic mass is 10.0. The van der Waals surface area contributed by atoms with Crippen molar-refractivity contribution in [3.05, 3.63) is 22.4 Å². The Labute approximate surface area is 147 Å². The van der Waals surface area contributed by atoms with Crippen LogP contribution in [-0.4, -0.2) is 57.3 Å². The number of tetrazole rings is 1. The highest BCUT2D eigenvalue weighted by Crippen LogP contribution is 2.23. The van der Waals surface area contributed by atoms with Gasteiger partial charge in [0, 0.05) is 4.88 Å². The minimum atomic E-state index is -3.05. The van der Waals surface area contributed by atoms with Crippen molar-refractivity contribution in [3.63, 3.8) is 0 Å². The number of amides is 1. The van der Waals surface area contributed by atoms with Crippen LogP contribution in [0.2, 0.25) is 0 Å². The van der Waals surface area contributed by atoms with E-state index in [1.54, 1.807) is 22.9 Å². The minimum Gasteiger partial charge on any atom is -0.349 e. The normalized spacial score (nSPS) is 22.5. The molecule has 11 heteroatoms. The summed E-state index contributed by atoms with van der Waals surface area (Å²) in [4.78, 5) is 13.3. The van der Waals surface area contributed by atoms with E-state index in [4.69, 9.17) is 0 Å². The number of thiophene rings is 1. The molecule has 1 atom stereocenters. The molecular formula is C13H17N5O3S3. The molecule has 24 heavy (non-hydrogen) atoms. The molecular weight excluding hydrogens is 370 g/mol. The van der Waals surface area contributed by atoms with Crippen LogP contribution in [0.15, 0.2) is 22.7 Å². The maximum absolute atomic E-state index is 12.1. The zero-order chi connectivity index (χ0) is 17.2. The number of nitrogens with one attached hydrogen (secondary N) is 1. The van der Waals surface area contributed by atoms with Gasteiger partial charge in [-0.1, -0.05) is 17.8 Å². The van der Waals surface area contributed by atoms with E-state index in [0.717, 1.165) is 4.88 Å². The molecule has 1 unspecified atom stereocenters. The van der Waals surface area contributed by atoms with Crippen molar-refractivity contribution in [2.75, 3.05) is 17.3 Å². The lowest BCUT2D eigenvalue weighted by Gasteiger charge is -2.23. The topological polar surface area (TPSA) is 107 Å². The highest BCUT2D eigenvalue weighted by atomic mass is 32.2. The monoisotopic (exact) mass is 387 g/mol. The van der Waals surface area contributed by atoms with E-state index in [1.807, 2.05) is 17.5 Å². The molecule has 0 aromatic carbocycles. The Morgan fingerprint density at radius 1 is 1.54 bits per heavy atom. The predicted octanol–water partition coefficient (Wildman–Crippen LogP) is 0.568. The van der Waals surface area contributed by atoms with Crippen LogP contribution in [-0.2, 0) is 21.2 Å². The first-order chi connectivity index (χ1) is 11.4. The van der Waals surface area contributed by atoms with Crippen LogP contribution in [0.25, 0.3) is 0 Å². The van der Waals surface area contributed by atoms with Gasteiger partial charge in [0.25, 0.3) is 0 Å². The zero-order valence-electron chi connectivity index (χ0n) is 13.0. The summed E-state index contributed by atoms with van der Waals surface area (Å²) in [6, 6.07) is 3.95. The third kappa shape index (κ3) is 4.33. The molecule has 2 aromatic heterocycles. The third-order valence-electron chi connectivity index (χ3n) is 3.66. The van der Waals surface area contributed by atoms with Crippen molar-refractivity contribution in [3.8, 4) is 0 Å². The lowest BCUT2D eigenvalue weighted by Crippen LogP contribution is -2.47. The molecule has 1 saturated heterocycles. The van der Waals surface area contributed by atoms with Gasteiger partial charge in [-0.05, 0) is 35.2 Å². The molecule has 1 fully saturated rings. The summed E-state index contributed by atoms with van der Waals surface area (Å²) in [5.74, 6) is 0.0356. The van der Waals surface area contributed by atoms with Gasteiger partial charge in [-0.2, -0.15) is 0 Å². The summed E-state index contributed by atoms with van der Waals surface area (Å²) in [7, 11) is -3.05. The van der Waals surface area contributed by atoms with E-state index in [1.165, 1.54) is 11.8 Å². The Balaban J connectivity index is 1.55. The Morgan fingerprint density at radius 2 is 2.38 bits per heavy atom. The molecule has 1 amide bonds. The first kappa shape index (κ1) is 17.4. The van der Waals surface area contributed by atoms with Gasteiger partial charge >= 0.3 is 0 Å². The SMILES string of the molecule is CC1(NC(=O)CSc2nnnn2Cc2cccs2)CCS(=O)(=O)C1. The average Bonchev–Trinajstić information content (AvgIpc) is 3.19. The average molecular weight is 388 g/mol. The van der Waals surface area contributed by atoms with Gasteiger partial charge in [-0.3, -0.25) is 4.79 Å². The van der Waals surface area contributed by atoms with Gasteiger partial charge in [-0.15, -0.1) is 16.4 Å². The number of sulfone groups is 1. The molecule has 1 aliphatic heterocycles. The number of hydrogen-bond donors (Lipinski definition) is 1. The van der Waals surface area contributed by atoms with Gasteiger partial charge in [0.1, 0.15) is 0 Å². The standard InChI is InChI=1S/C13H17N5O3S3/c1-13(4-6-24(20,21)9-13)14-11(19)8-23-12-15-16-17-18(12)7-10-3-2-5-22-10/h2-3,5H,4,6-9H2,1H3,(H,14,19). The second kappa shape index (κ2) is 6.81. The van der Waals surface area contributed by atoms with E-state index in [-0.39, 0.29) is 23.2 Å². The number of nitrogens with zero attached hydrogens (tertiary/aromatic N) is 4. The van der Waals surface area contributed by atoms with E-state index >= 15 is 0 Å². The molecule has 8 nitrogen and oxygen atoms in total. The number of hydrogen-bond acceptors (Lipinski definition) is 8. The second-order valence-electron chi connectivity index (χ2n) is 5.94. The third-order valence-corrected chi connectivity index (χ3v) is 7.38. The fourth-order valence-electron chi connectivity index (χ4n) is 2.56. The summed E-state index contributed by atoms with van der Waals surface area (Å²) >= 11 is 2.85. The van der Waals surface area contributed by atoms with Crippen molar-refractivity contribution in [1.29, 1.82) is 0 Å². The summed E-state index contributed by atoms with van der Waals surface area (Å²) in [6.45, 7) is 2.32. The fraction of sp³-hybridized carbons (Fsp3) is 0.538. The maximum Gasteiger partial charge on any atom is 0.230 e. The van der Waals surface area contributed by atoms with Crippen molar-refractivity contribution in [2.24, 2.45) is 0 Å². The van der Waals surface area contributed by atoms with Crippen LogP contribution < -0.4 is 5.32 Å². The molecule has 0 aliphatic carbocycles. The van der Waals surface area contributed by atoms with Crippen LogP contribution in [0.1, 0.15) is 18.2 Å². The van der Waals surface area contributed by atoms with Crippen molar-refractivity contribution >= 4 is 38.8 Å². The van der Waals surface area contributed by atoms with Gasteiger partial charge in [0.15, 0.2) is 9.84 Å². The predicted molar refractivity (Wildman–Crippen MR) is 91.8 cm³/mol. The van der Waals surface area contributed by atoms with E-state index in [2.05, 4.69) is 20.8 Å². The van der Waals surface area contributed by atoms with Gasteiger partial charge < -0.3 is 5.32 Å². The van der Waals surface area contributed by atoms with Crippen LogP contribution in [0.3, 0.4) is 0 Å². The molecule has 130 valence electrons. The number of rotatable bonds is 6. The van der Waals surface area contributed by atoms with Gasteiger partial charge in [0.2, 0.25) is 11.1 Å². The molecule has 1 aliphatic rings. The molecule has 0 bridgehead atoms. The van der Waals surface area contributed by atoms with Crippen LogP contribution >= 0.6 is 23.1 Å². The molecule has 2 aromatic rings. The number of aromatic nitrogens is 4. The summed E-state index contributed by atoms with van der Waals surface area (Å²) in [6.07, 6.45) is 0.446. The first-order valence-corrected chi connectivity index (χ1v) is 11.0. The van der Waals surface area contributed by atoms with E-state index in [9.17, 15) is 13.2 Å². The van der Waals surface area contributed by atoms with Crippen molar-refractivity contribution < 1.29 is 13.2 Å². The number of carbonyl (C=O) groups is 1. The molecule has 0 spiro atoms. The van der Waals surface area contributed by atoms with Crippen LogP contribution in [0.5, 0.6) is 0 Å². The Hall–Kier alpha value is -1.46. The first-order valence-electron chi connectivity index (χ1n) is 7.28. The van der Waals surface area contributed by atoms with E-state index in [0.29, 0.717) is 18.1 Å². The number of thioether (sulfide) groups is 1. The Kier molecular flexibility index (Phi) is 4.92. The highest BCUT2D eigenvalue weighted by molar-refractivity contribution is 7.99. The molecule has 3 heterocycles. The quantitative estimate of drug-likeness (QED) is 0.722. The smallest absolute Gasteiger partial charge is 0.230 e. The second-order valence-corrected chi connectivity index (χ2v) is 10.1.